The van der Waals surface area contributed by atoms with Crippen LogP contribution in [0.15, 0.2) is 42.5 Å². The van der Waals surface area contributed by atoms with Gasteiger partial charge in [-0.25, -0.2) is 0 Å². The number of hydrogen-bond acceptors (Lipinski definition) is 4. The first-order chi connectivity index (χ1) is 13.1. The van der Waals surface area contributed by atoms with E-state index in [4.69, 9.17) is 9.47 Å². The number of methoxy groups -OCH3 is 2. The van der Waals surface area contributed by atoms with Gasteiger partial charge in [-0.2, -0.15) is 0 Å². The van der Waals surface area contributed by atoms with Crippen LogP contribution in [0.1, 0.15) is 42.0 Å². The molecule has 0 amide bonds. The van der Waals surface area contributed by atoms with Gasteiger partial charge in [-0.05, 0) is 49.6 Å². The lowest BCUT2D eigenvalue weighted by atomic mass is 9.89. The molecular formula is C22H27NO4. The maximum absolute atomic E-state index is 12.0. The highest BCUT2D eigenvalue weighted by Crippen LogP contribution is 2.40. The predicted octanol–water partition coefficient (Wildman–Crippen LogP) is 4.04. The fourth-order valence-corrected chi connectivity index (χ4v) is 3.99. The maximum atomic E-state index is 12.0. The molecule has 0 spiro atoms. The number of ether oxygens (including phenoxy) is 2. The largest absolute Gasteiger partial charge is 0.497 e. The number of rotatable bonds is 6. The first kappa shape index (κ1) is 19.2. The van der Waals surface area contributed by atoms with Crippen molar-refractivity contribution in [2.24, 2.45) is 0 Å². The van der Waals surface area contributed by atoms with Crippen LogP contribution in [-0.4, -0.2) is 42.8 Å². The monoisotopic (exact) mass is 369 g/mol. The Morgan fingerprint density at radius 3 is 2.56 bits per heavy atom. The van der Waals surface area contributed by atoms with Gasteiger partial charge in [0, 0.05) is 11.6 Å². The lowest BCUT2D eigenvalue weighted by Crippen LogP contribution is -2.47. The molecule has 2 atom stereocenters. The molecule has 0 aliphatic carbocycles. The van der Waals surface area contributed by atoms with E-state index in [0.717, 1.165) is 36.1 Å². The van der Waals surface area contributed by atoms with Gasteiger partial charge in [-0.1, -0.05) is 30.7 Å². The molecule has 0 radical (unpaired) electrons. The lowest BCUT2D eigenvalue weighted by molar-refractivity contribution is -0.145. The molecule has 5 nitrogen and oxygen atoms in total. The molecule has 1 heterocycles. The number of carboxylic acid groups (broad SMARTS) is 1. The zero-order valence-corrected chi connectivity index (χ0v) is 16.1. The second kappa shape index (κ2) is 8.44. The van der Waals surface area contributed by atoms with Crippen molar-refractivity contribution in [1.82, 2.24) is 4.90 Å². The van der Waals surface area contributed by atoms with E-state index in [1.165, 1.54) is 0 Å². The Morgan fingerprint density at radius 2 is 1.89 bits per heavy atom. The first-order valence-electron chi connectivity index (χ1n) is 9.32. The fraction of sp³-hybridized carbons (Fsp3) is 0.409. The summed E-state index contributed by atoms with van der Waals surface area (Å²) in [6, 6.07) is 13.2. The van der Waals surface area contributed by atoms with Crippen LogP contribution in [0.25, 0.3) is 0 Å². The number of carboxylic acids is 1. The third-order valence-electron chi connectivity index (χ3n) is 5.38. The molecule has 3 rings (SSSR count). The topological polar surface area (TPSA) is 59.0 Å². The molecule has 0 aromatic heterocycles. The van der Waals surface area contributed by atoms with Gasteiger partial charge in [0.2, 0.25) is 0 Å². The predicted molar refractivity (Wildman–Crippen MR) is 105 cm³/mol. The van der Waals surface area contributed by atoms with Gasteiger partial charge in [-0.15, -0.1) is 0 Å². The number of nitrogens with zero attached hydrogens (tertiary/aromatic N) is 1. The third-order valence-corrected chi connectivity index (χ3v) is 5.38. The van der Waals surface area contributed by atoms with Crippen LogP contribution in [-0.2, 0) is 4.79 Å². The quantitative estimate of drug-likeness (QED) is 0.833. The van der Waals surface area contributed by atoms with Crippen LogP contribution in [0.3, 0.4) is 0 Å². The smallest absolute Gasteiger partial charge is 0.320 e. The van der Waals surface area contributed by atoms with E-state index < -0.39 is 12.0 Å². The first-order valence-corrected chi connectivity index (χ1v) is 9.32. The Morgan fingerprint density at radius 1 is 1.11 bits per heavy atom. The molecule has 2 aromatic rings. The highest BCUT2D eigenvalue weighted by atomic mass is 16.5. The minimum Gasteiger partial charge on any atom is -0.497 e. The van der Waals surface area contributed by atoms with Crippen molar-refractivity contribution in [1.29, 1.82) is 0 Å². The lowest BCUT2D eigenvalue weighted by Gasteiger charge is -2.40. The van der Waals surface area contributed by atoms with Crippen molar-refractivity contribution >= 4 is 5.97 Å². The van der Waals surface area contributed by atoms with E-state index in [1.54, 1.807) is 14.2 Å². The molecule has 2 aromatic carbocycles. The molecular weight excluding hydrogens is 342 g/mol. The van der Waals surface area contributed by atoms with Crippen molar-refractivity contribution in [2.45, 2.75) is 38.3 Å². The summed E-state index contributed by atoms with van der Waals surface area (Å²) >= 11 is 0. The van der Waals surface area contributed by atoms with Gasteiger partial charge in [0.05, 0.1) is 20.3 Å². The van der Waals surface area contributed by atoms with Gasteiger partial charge in [0.15, 0.2) is 0 Å². The average Bonchev–Trinajstić information content (AvgIpc) is 2.70. The zero-order chi connectivity index (χ0) is 19.4. The van der Waals surface area contributed by atoms with E-state index in [0.29, 0.717) is 17.9 Å². The Bertz CT molecular complexity index is 805. The van der Waals surface area contributed by atoms with E-state index in [2.05, 4.69) is 24.0 Å². The summed E-state index contributed by atoms with van der Waals surface area (Å²) in [6.45, 7) is 2.81. The average molecular weight is 369 g/mol. The molecule has 0 bridgehead atoms. The molecule has 27 heavy (non-hydrogen) atoms. The Kier molecular flexibility index (Phi) is 6.01. The summed E-state index contributed by atoms with van der Waals surface area (Å²) in [7, 11) is 3.26. The van der Waals surface area contributed by atoms with Gasteiger partial charge in [0.25, 0.3) is 0 Å². The number of carbonyl (C=O) groups is 1. The summed E-state index contributed by atoms with van der Waals surface area (Å²) in [4.78, 5) is 14.1. The van der Waals surface area contributed by atoms with Crippen LogP contribution in [0.4, 0.5) is 0 Å². The van der Waals surface area contributed by atoms with Gasteiger partial charge < -0.3 is 14.6 Å². The SMILES string of the molecule is COc1ccc(C(c2ccccc2C)N2CCCCC2C(=O)O)c(OC)c1. The molecule has 1 aliphatic rings. The van der Waals surface area contributed by atoms with E-state index in [1.807, 2.05) is 30.3 Å². The summed E-state index contributed by atoms with van der Waals surface area (Å²) in [5.41, 5.74) is 3.20. The molecule has 1 fully saturated rings. The van der Waals surface area contributed by atoms with Crippen LogP contribution in [0.5, 0.6) is 11.5 Å². The molecule has 5 heteroatoms. The Hall–Kier alpha value is -2.53. The third kappa shape index (κ3) is 3.93. The van der Waals surface area contributed by atoms with E-state index in [9.17, 15) is 9.90 Å². The Labute approximate surface area is 160 Å². The highest BCUT2D eigenvalue weighted by molar-refractivity contribution is 5.74. The molecule has 1 N–H and O–H groups in total. The van der Waals surface area contributed by atoms with Gasteiger partial charge in [-0.3, -0.25) is 9.69 Å². The number of aryl methyl sites for hydroxylation is 1. The normalized spacial score (nSPS) is 18.7. The van der Waals surface area contributed by atoms with Gasteiger partial charge in [0.1, 0.15) is 17.5 Å². The molecule has 144 valence electrons. The minimum absolute atomic E-state index is 0.187. The standard InChI is InChI=1S/C22H27NO4/c1-15-8-4-5-9-17(15)21(23-13-7-6-10-19(23)22(24)25)18-12-11-16(26-2)14-20(18)27-3/h4-5,8-9,11-12,14,19,21H,6-7,10,13H2,1-3H3,(H,24,25). The van der Waals surface area contributed by atoms with Crippen LogP contribution in [0, 0.1) is 6.92 Å². The summed E-state index contributed by atoms with van der Waals surface area (Å²) in [6.07, 6.45) is 2.59. The zero-order valence-electron chi connectivity index (χ0n) is 16.1. The fourth-order valence-electron chi connectivity index (χ4n) is 3.99. The van der Waals surface area contributed by atoms with Gasteiger partial charge >= 0.3 is 5.97 Å². The van der Waals surface area contributed by atoms with Crippen molar-refractivity contribution in [3.05, 3.63) is 59.2 Å². The molecule has 0 saturated carbocycles. The van der Waals surface area contributed by atoms with Crippen molar-refractivity contribution in [3.8, 4) is 11.5 Å². The van der Waals surface area contributed by atoms with Crippen LogP contribution >= 0.6 is 0 Å². The second-order valence-corrected chi connectivity index (χ2v) is 6.95. The van der Waals surface area contributed by atoms with Crippen molar-refractivity contribution in [3.63, 3.8) is 0 Å². The number of hydrogen-bond donors (Lipinski definition) is 1. The maximum Gasteiger partial charge on any atom is 0.320 e. The summed E-state index contributed by atoms with van der Waals surface area (Å²) in [5, 5.41) is 9.84. The summed E-state index contributed by atoms with van der Waals surface area (Å²) in [5.74, 6) is 0.658. The number of aliphatic carboxylic acids is 1. The number of piperidine rings is 1. The molecule has 1 aliphatic heterocycles. The minimum atomic E-state index is -0.763. The number of benzene rings is 2. The van der Waals surface area contributed by atoms with Crippen molar-refractivity contribution < 1.29 is 19.4 Å². The Balaban J connectivity index is 2.17. The number of likely N-dealkylation sites (tertiary alicyclic amines) is 1. The van der Waals surface area contributed by atoms with E-state index >= 15 is 0 Å². The van der Waals surface area contributed by atoms with Crippen LogP contribution in [0.2, 0.25) is 0 Å². The second-order valence-electron chi connectivity index (χ2n) is 6.95. The molecule has 1 saturated heterocycles. The highest BCUT2D eigenvalue weighted by Gasteiger charge is 2.36. The van der Waals surface area contributed by atoms with Crippen molar-refractivity contribution in [2.75, 3.05) is 20.8 Å². The van der Waals surface area contributed by atoms with E-state index in [-0.39, 0.29) is 6.04 Å². The van der Waals surface area contributed by atoms with Crippen LogP contribution < -0.4 is 9.47 Å². The molecule has 2 unspecified atom stereocenters. The summed E-state index contributed by atoms with van der Waals surface area (Å²) < 4.78 is 11.0.